The van der Waals surface area contributed by atoms with Crippen LogP contribution in [0, 0.1) is 0 Å². The van der Waals surface area contributed by atoms with Crippen LogP contribution in [0.25, 0.3) is 0 Å². The molecule has 1 saturated heterocycles. The third kappa shape index (κ3) is 3.06. The summed E-state index contributed by atoms with van der Waals surface area (Å²) in [6.45, 7) is 2.70. The number of benzene rings is 2. The van der Waals surface area contributed by atoms with Gasteiger partial charge in [-0.3, -0.25) is 0 Å². The zero-order valence-corrected chi connectivity index (χ0v) is 11.9. The van der Waals surface area contributed by atoms with Crippen LogP contribution in [0.15, 0.2) is 54.6 Å². The van der Waals surface area contributed by atoms with Crippen molar-refractivity contribution in [1.82, 2.24) is 5.32 Å². The number of rotatable bonds is 3. The SMILES string of the molecule is Clc1ccc(O[C@@H]2CNCCN2c2ccccc2)cc1. The summed E-state index contributed by atoms with van der Waals surface area (Å²) in [6, 6.07) is 17.9. The predicted molar refractivity (Wildman–Crippen MR) is 82.5 cm³/mol. The third-order valence-electron chi connectivity index (χ3n) is 3.37. The van der Waals surface area contributed by atoms with Gasteiger partial charge in [0.2, 0.25) is 0 Å². The van der Waals surface area contributed by atoms with Crippen molar-refractivity contribution in [3.8, 4) is 5.75 Å². The lowest BCUT2D eigenvalue weighted by molar-refractivity contribution is 0.176. The second-order valence-corrected chi connectivity index (χ2v) is 5.20. The van der Waals surface area contributed by atoms with E-state index in [0.717, 1.165) is 30.4 Å². The molecule has 1 atom stereocenters. The summed E-state index contributed by atoms with van der Waals surface area (Å²) in [5.41, 5.74) is 1.19. The highest BCUT2D eigenvalue weighted by atomic mass is 35.5. The Morgan fingerprint density at radius 1 is 1.05 bits per heavy atom. The van der Waals surface area contributed by atoms with E-state index in [4.69, 9.17) is 16.3 Å². The lowest BCUT2D eigenvalue weighted by Crippen LogP contribution is -2.54. The number of piperazine rings is 1. The third-order valence-corrected chi connectivity index (χ3v) is 3.62. The predicted octanol–water partition coefficient (Wildman–Crippen LogP) is 3.15. The van der Waals surface area contributed by atoms with Crippen LogP contribution in [-0.4, -0.2) is 25.9 Å². The van der Waals surface area contributed by atoms with Crippen LogP contribution in [-0.2, 0) is 0 Å². The average Bonchev–Trinajstić information content (AvgIpc) is 2.51. The molecule has 1 aliphatic heterocycles. The molecule has 0 radical (unpaired) electrons. The molecule has 1 N–H and O–H groups in total. The van der Waals surface area contributed by atoms with E-state index in [1.54, 1.807) is 0 Å². The minimum Gasteiger partial charge on any atom is -0.469 e. The number of para-hydroxylation sites is 1. The van der Waals surface area contributed by atoms with Gasteiger partial charge in [0.1, 0.15) is 5.75 Å². The molecule has 3 rings (SSSR count). The molecule has 104 valence electrons. The average molecular weight is 289 g/mol. The number of ether oxygens (including phenoxy) is 1. The zero-order valence-electron chi connectivity index (χ0n) is 11.1. The normalized spacial score (nSPS) is 18.9. The summed E-state index contributed by atoms with van der Waals surface area (Å²) in [6.07, 6.45) is -0.00711. The lowest BCUT2D eigenvalue weighted by atomic mass is 10.2. The molecule has 0 spiro atoms. The van der Waals surface area contributed by atoms with Crippen molar-refractivity contribution in [3.63, 3.8) is 0 Å². The molecule has 0 amide bonds. The lowest BCUT2D eigenvalue weighted by Gasteiger charge is -2.37. The van der Waals surface area contributed by atoms with Gasteiger partial charge in [-0.1, -0.05) is 29.8 Å². The highest BCUT2D eigenvalue weighted by Gasteiger charge is 2.23. The summed E-state index contributed by atoms with van der Waals surface area (Å²) < 4.78 is 6.08. The minimum atomic E-state index is -0.00711. The maximum absolute atomic E-state index is 6.08. The molecular weight excluding hydrogens is 272 g/mol. The van der Waals surface area contributed by atoms with Gasteiger partial charge < -0.3 is 15.0 Å². The van der Waals surface area contributed by atoms with Crippen molar-refractivity contribution >= 4 is 17.3 Å². The Labute approximate surface area is 124 Å². The standard InChI is InChI=1S/C16H17ClN2O/c17-13-6-8-15(9-7-13)20-16-12-18-10-11-19(16)14-4-2-1-3-5-14/h1-9,16,18H,10-12H2/t16-/m1/s1. The molecule has 2 aromatic rings. The van der Waals surface area contributed by atoms with Crippen LogP contribution < -0.4 is 15.0 Å². The van der Waals surface area contributed by atoms with Crippen LogP contribution >= 0.6 is 11.6 Å². The number of hydrogen-bond donors (Lipinski definition) is 1. The quantitative estimate of drug-likeness (QED) is 0.939. The summed E-state index contributed by atoms with van der Waals surface area (Å²) in [7, 11) is 0. The van der Waals surface area contributed by atoms with Crippen LogP contribution in [0.5, 0.6) is 5.75 Å². The highest BCUT2D eigenvalue weighted by molar-refractivity contribution is 6.30. The van der Waals surface area contributed by atoms with E-state index in [9.17, 15) is 0 Å². The molecule has 4 heteroatoms. The fourth-order valence-corrected chi connectivity index (χ4v) is 2.50. The molecule has 1 aliphatic rings. The monoisotopic (exact) mass is 288 g/mol. The minimum absolute atomic E-state index is 0.00711. The van der Waals surface area contributed by atoms with E-state index < -0.39 is 0 Å². The smallest absolute Gasteiger partial charge is 0.184 e. The Hall–Kier alpha value is -1.71. The molecule has 0 saturated carbocycles. The van der Waals surface area contributed by atoms with E-state index >= 15 is 0 Å². The molecule has 1 fully saturated rings. The second-order valence-electron chi connectivity index (χ2n) is 4.76. The Morgan fingerprint density at radius 3 is 2.55 bits per heavy atom. The van der Waals surface area contributed by atoms with Gasteiger partial charge in [-0.05, 0) is 36.4 Å². The molecule has 3 nitrogen and oxygen atoms in total. The second kappa shape index (κ2) is 6.16. The Bertz CT molecular complexity index is 544. The molecule has 0 aromatic heterocycles. The van der Waals surface area contributed by atoms with Gasteiger partial charge in [-0.15, -0.1) is 0 Å². The topological polar surface area (TPSA) is 24.5 Å². The first-order chi connectivity index (χ1) is 9.83. The van der Waals surface area contributed by atoms with Crippen LogP contribution in [0.4, 0.5) is 5.69 Å². The van der Waals surface area contributed by atoms with Gasteiger partial charge in [0.05, 0.1) is 6.54 Å². The van der Waals surface area contributed by atoms with Gasteiger partial charge in [0.15, 0.2) is 6.23 Å². The van der Waals surface area contributed by atoms with Gasteiger partial charge >= 0.3 is 0 Å². The number of halogens is 1. The van der Waals surface area contributed by atoms with Crippen molar-refractivity contribution in [1.29, 1.82) is 0 Å². The highest BCUT2D eigenvalue weighted by Crippen LogP contribution is 2.22. The van der Waals surface area contributed by atoms with E-state index in [1.807, 2.05) is 30.3 Å². The molecule has 0 unspecified atom stereocenters. The number of nitrogens with one attached hydrogen (secondary N) is 1. The van der Waals surface area contributed by atoms with Crippen molar-refractivity contribution in [3.05, 3.63) is 59.6 Å². The molecule has 20 heavy (non-hydrogen) atoms. The largest absolute Gasteiger partial charge is 0.469 e. The molecule has 0 aliphatic carbocycles. The first-order valence-electron chi connectivity index (χ1n) is 6.77. The van der Waals surface area contributed by atoms with Gasteiger partial charge in [-0.25, -0.2) is 0 Å². The van der Waals surface area contributed by atoms with Gasteiger partial charge in [0, 0.05) is 23.8 Å². The maximum Gasteiger partial charge on any atom is 0.184 e. The number of nitrogens with zero attached hydrogens (tertiary/aromatic N) is 1. The van der Waals surface area contributed by atoms with Gasteiger partial charge in [0.25, 0.3) is 0 Å². The van der Waals surface area contributed by atoms with E-state index in [1.165, 1.54) is 5.69 Å². The molecule has 0 bridgehead atoms. The van der Waals surface area contributed by atoms with Crippen molar-refractivity contribution < 1.29 is 4.74 Å². The Kier molecular flexibility index (Phi) is 4.09. The molecule has 2 aromatic carbocycles. The van der Waals surface area contributed by atoms with Crippen molar-refractivity contribution in [2.75, 3.05) is 24.5 Å². The summed E-state index contributed by atoms with van der Waals surface area (Å²) >= 11 is 5.90. The fraction of sp³-hybridized carbons (Fsp3) is 0.250. The molecule has 1 heterocycles. The Morgan fingerprint density at radius 2 is 1.80 bits per heavy atom. The Balaban J connectivity index is 1.77. The van der Waals surface area contributed by atoms with Crippen LogP contribution in [0.2, 0.25) is 5.02 Å². The summed E-state index contributed by atoms with van der Waals surface area (Å²) in [5, 5.41) is 4.09. The van der Waals surface area contributed by atoms with Crippen molar-refractivity contribution in [2.24, 2.45) is 0 Å². The van der Waals surface area contributed by atoms with E-state index in [-0.39, 0.29) is 6.23 Å². The summed E-state index contributed by atoms with van der Waals surface area (Å²) in [5.74, 6) is 0.837. The van der Waals surface area contributed by atoms with E-state index in [0.29, 0.717) is 0 Å². The first-order valence-corrected chi connectivity index (χ1v) is 7.15. The zero-order chi connectivity index (χ0) is 13.8. The van der Waals surface area contributed by atoms with Crippen molar-refractivity contribution in [2.45, 2.75) is 6.23 Å². The maximum atomic E-state index is 6.08. The van der Waals surface area contributed by atoms with Gasteiger partial charge in [-0.2, -0.15) is 0 Å². The molecular formula is C16H17ClN2O. The van der Waals surface area contributed by atoms with Crippen LogP contribution in [0.1, 0.15) is 0 Å². The fourth-order valence-electron chi connectivity index (χ4n) is 2.37. The van der Waals surface area contributed by atoms with Crippen LogP contribution in [0.3, 0.4) is 0 Å². The summed E-state index contributed by atoms with van der Waals surface area (Å²) in [4.78, 5) is 2.28. The number of hydrogen-bond acceptors (Lipinski definition) is 3. The number of anilines is 1. The first kappa shape index (κ1) is 13.3. The van der Waals surface area contributed by atoms with E-state index in [2.05, 4.69) is 34.5 Å².